The van der Waals surface area contributed by atoms with Crippen LogP contribution in [0.15, 0.2) is 24.3 Å². The third-order valence-electron chi connectivity index (χ3n) is 4.78. The number of aromatic nitrogens is 1. The van der Waals surface area contributed by atoms with E-state index in [1.54, 1.807) is 49.7 Å². The van der Waals surface area contributed by atoms with Gasteiger partial charge in [-0.15, -0.1) is 0 Å². The van der Waals surface area contributed by atoms with Gasteiger partial charge in [-0.3, -0.25) is 19.2 Å². The number of ketones is 2. The largest absolute Gasteiger partial charge is 0.481 e. The summed E-state index contributed by atoms with van der Waals surface area (Å²) in [6, 6.07) is 4.03. The molecule has 0 spiro atoms. The number of aliphatic carboxylic acids is 1. The number of amides is 1. The quantitative estimate of drug-likeness (QED) is 0.511. The second kappa shape index (κ2) is 9.36. The van der Waals surface area contributed by atoms with Crippen molar-refractivity contribution in [1.29, 1.82) is 0 Å². The molecular weight excluding hydrogens is 417 g/mol. The fourth-order valence-electron chi connectivity index (χ4n) is 3.15. The van der Waals surface area contributed by atoms with Crippen LogP contribution >= 0.6 is 11.6 Å². The average Bonchev–Trinajstić information content (AvgIpc) is 2.94. The highest BCUT2D eigenvalue weighted by Gasteiger charge is 2.38. The number of nitrogens with zero attached hydrogens (tertiary/aromatic N) is 1. The zero-order chi connectivity index (χ0) is 22.7. The highest BCUT2D eigenvalue weighted by atomic mass is 35.5. The normalized spacial score (nSPS) is 14.4. The number of carboxylic acid groups (broad SMARTS) is 1. The molecule has 0 radical (unpaired) electrons. The lowest BCUT2D eigenvalue weighted by atomic mass is 9.93. The SMILES string of the molecule is CC(C)[C@H](NC(=O)c1c(Cl)c2ccccc2n1C)C(=O)C(F)C(=O)C(N)CC(=O)O. The summed E-state index contributed by atoms with van der Waals surface area (Å²) in [6.07, 6.45) is -3.47. The number of Topliss-reactive ketones (excluding diaryl/α,β-unsaturated/α-hetero) is 2. The van der Waals surface area contributed by atoms with Crippen LogP contribution < -0.4 is 11.1 Å². The smallest absolute Gasteiger partial charge is 0.305 e. The molecule has 0 saturated heterocycles. The molecule has 0 aliphatic heterocycles. The van der Waals surface area contributed by atoms with Crippen molar-refractivity contribution >= 4 is 45.9 Å². The van der Waals surface area contributed by atoms with E-state index in [1.165, 1.54) is 0 Å². The van der Waals surface area contributed by atoms with Crippen molar-refractivity contribution in [2.75, 3.05) is 0 Å². The van der Waals surface area contributed by atoms with Gasteiger partial charge in [-0.1, -0.05) is 43.6 Å². The molecule has 0 fully saturated rings. The van der Waals surface area contributed by atoms with Crippen LogP contribution in [0.25, 0.3) is 10.9 Å². The Morgan fingerprint density at radius 1 is 1.20 bits per heavy atom. The highest BCUT2D eigenvalue weighted by Crippen LogP contribution is 2.30. The molecule has 0 saturated carbocycles. The molecule has 10 heteroatoms. The third kappa shape index (κ3) is 4.68. The summed E-state index contributed by atoms with van der Waals surface area (Å²) in [6.45, 7) is 3.14. The highest BCUT2D eigenvalue weighted by molar-refractivity contribution is 6.39. The summed E-state index contributed by atoms with van der Waals surface area (Å²) in [5, 5.41) is 12.0. The van der Waals surface area contributed by atoms with Gasteiger partial charge in [-0.2, -0.15) is 0 Å². The molecule has 162 valence electrons. The molecule has 1 amide bonds. The van der Waals surface area contributed by atoms with Crippen molar-refractivity contribution < 1.29 is 28.7 Å². The number of carboxylic acids is 1. The number of halogens is 2. The standard InChI is InChI=1S/C20H23ClFN3O5/c1-9(2)16(19(29)15(22)18(28)11(23)8-13(26)27)24-20(30)17-14(21)10-6-4-5-7-12(10)25(17)3/h4-7,9,11,15-16H,8,23H2,1-3H3,(H,24,30)(H,26,27)/t11?,15?,16-/m0/s1. The van der Waals surface area contributed by atoms with E-state index in [0.29, 0.717) is 10.9 Å². The molecule has 4 N–H and O–H groups in total. The minimum absolute atomic E-state index is 0.0839. The molecule has 1 heterocycles. The molecule has 2 unspecified atom stereocenters. The van der Waals surface area contributed by atoms with Gasteiger partial charge in [-0.05, 0) is 12.0 Å². The first kappa shape index (κ1) is 23.5. The minimum atomic E-state index is -2.66. The summed E-state index contributed by atoms with van der Waals surface area (Å²) < 4.78 is 16.1. The Balaban J connectivity index is 2.27. The number of nitrogens with two attached hydrogens (primary N) is 1. The van der Waals surface area contributed by atoms with Crippen LogP contribution in [0.3, 0.4) is 0 Å². The number of carbonyl (C=O) groups is 4. The molecule has 1 aromatic carbocycles. The fraction of sp³-hybridized carbons (Fsp3) is 0.400. The Morgan fingerprint density at radius 3 is 2.33 bits per heavy atom. The van der Waals surface area contributed by atoms with Crippen molar-refractivity contribution in [3.8, 4) is 0 Å². The van der Waals surface area contributed by atoms with Gasteiger partial charge in [0.05, 0.1) is 23.5 Å². The van der Waals surface area contributed by atoms with Gasteiger partial charge in [0.25, 0.3) is 5.91 Å². The summed E-state index contributed by atoms with van der Waals surface area (Å²) >= 11 is 6.34. The summed E-state index contributed by atoms with van der Waals surface area (Å²) in [5.74, 6) is -5.20. The second-order valence-electron chi connectivity index (χ2n) is 7.31. The van der Waals surface area contributed by atoms with E-state index in [9.17, 15) is 23.6 Å². The molecule has 8 nitrogen and oxygen atoms in total. The van der Waals surface area contributed by atoms with Crippen LogP contribution in [0, 0.1) is 5.92 Å². The lowest BCUT2D eigenvalue weighted by Gasteiger charge is -2.23. The molecule has 30 heavy (non-hydrogen) atoms. The zero-order valence-electron chi connectivity index (χ0n) is 16.7. The maximum absolute atomic E-state index is 14.5. The van der Waals surface area contributed by atoms with Gasteiger partial charge in [0, 0.05) is 18.0 Å². The lowest BCUT2D eigenvalue weighted by Crippen LogP contribution is -2.52. The first-order valence-corrected chi connectivity index (χ1v) is 9.57. The van der Waals surface area contributed by atoms with Crippen LogP contribution in [0.5, 0.6) is 0 Å². The van der Waals surface area contributed by atoms with Crippen molar-refractivity contribution in [1.82, 2.24) is 9.88 Å². The predicted octanol–water partition coefficient (Wildman–Crippen LogP) is 1.86. The summed E-state index contributed by atoms with van der Waals surface area (Å²) in [5.41, 5.74) is 6.15. The molecule has 0 bridgehead atoms. The molecule has 2 rings (SSSR count). The zero-order valence-corrected chi connectivity index (χ0v) is 17.4. The number of hydrogen-bond donors (Lipinski definition) is 3. The number of hydrogen-bond acceptors (Lipinski definition) is 5. The average molecular weight is 440 g/mol. The topological polar surface area (TPSA) is 131 Å². The van der Waals surface area contributed by atoms with Gasteiger partial charge in [0.1, 0.15) is 5.69 Å². The van der Waals surface area contributed by atoms with E-state index in [2.05, 4.69) is 5.32 Å². The van der Waals surface area contributed by atoms with Crippen LogP contribution in [0.1, 0.15) is 30.8 Å². The third-order valence-corrected chi connectivity index (χ3v) is 5.16. The van der Waals surface area contributed by atoms with Crippen LogP contribution in [-0.2, 0) is 21.4 Å². The van der Waals surface area contributed by atoms with Crippen molar-refractivity contribution in [3.63, 3.8) is 0 Å². The number of para-hydroxylation sites is 1. The lowest BCUT2D eigenvalue weighted by molar-refractivity contribution is -0.142. The Labute approximate surface area is 177 Å². The maximum Gasteiger partial charge on any atom is 0.305 e. The number of fused-ring (bicyclic) bond motifs is 1. The van der Waals surface area contributed by atoms with Gasteiger partial charge in [0.15, 0.2) is 11.6 Å². The van der Waals surface area contributed by atoms with Crippen LogP contribution in [0.4, 0.5) is 4.39 Å². The van der Waals surface area contributed by atoms with E-state index in [4.69, 9.17) is 22.4 Å². The number of rotatable bonds is 9. The van der Waals surface area contributed by atoms with E-state index in [1.807, 2.05) is 0 Å². The first-order chi connectivity index (χ1) is 14.0. The molecule has 2 aromatic rings. The Kier molecular flexibility index (Phi) is 7.33. The van der Waals surface area contributed by atoms with Gasteiger partial charge in [0.2, 0.25) is 6.17 Å². The van der Waals surface area contributed by atoms with Gasteiger partial charge < -0.3 is 20.7 Å². The molecule has 1 aromatic heterocycles. The second-order valence-corrected chi connectivity index (χ2v) is 7.68. The summed E-state index contributed by atoms with van der Waals surface area (Å²) in [4.78, 5) is 48.1. The molecular formula is C20H23ClFN3O5. The van der Waals surface area contributed by atoms with E-state index in [-0.39, 0.29) is 10.7 Å². The Hall–Kier alpha value is -2.78. The predicted molar refractivity (Wildman–Crippen MR) is 109 cm³/mol. The number of benzene rings is 1. The molecule has 0 aliphatic carbocycles. The van der Waals surface area contributed by atoms with Gasteiger partial charge >= 0.3 is 5.97 Å². The van der Waals surface area contributed by atoms with E-state index < -0.39 is 54.0 Å². The number of carbonyl (C=O) groups excluding carboxylic acids is 3. The van der Waals surface area contributed by atoms with Crippen molar-refractivity contribution in [2.24, 2.45) is 18.7 Å². The fourth-order valence-corrected chi connectivity index (χ4v) is 3.52. The summed E-state index contributed by atoms with van der Waals surface area (Å²) in [7, 11) is 1.63. The minimum Gasteiger partial charge on any atom is -0.481 e. The van der Waals surface area contributed by atoms with Crippen molar-refractivity contribution in [3.05, 3.63) is 35.0 Å². The monoisotopic (exact) mass is 439 g/mol. The van der Waals surface area contributed by atoms with Crippen LogP contribution in [-0.4, -0.2) is 51.4 Å². The van der Waals surface area contributed by atoms with Gasteiger partial charge in [-0.25, -0.2) is 4.39 Å². The molecule has 3 atom stereocenters. The Morgan fingerprint density at radius 2 is 1.80 bits per heavy atom. The number of nitrogens with one attached hydrogen (secondary N) is 1. The number of alkyl halides is 1. The van der Waals surface area contributed by atoms with Crippen molar-refractivity contribution in [2.45, 2.75) is 38.5 Å². The number of aryl methyl sites for hydroxylation is 1. The first-order valence-electron chi connectivity index (χ1n) is 9.20. The van der Waals surface area contributed by atoms with E-state index >= 15 is 0 Å². The molecule has 0 aliphatic rings. The van der Waals surface area contributed by atoms with E-state index in [0.717, 1.165) is 0 Å². The maximum atomic E-state index is 14.5. The van der Waals surface area contributed by atoms with Crippen LogP contribution in [0.2, 0.25) is 5.02 Å². The Bertz CT molecular complexity index is 965.